The molecule has 8 nitrogen and oxygen atoms in total. The van der Waals surface area contributed by atoms with Crippen molar-refractivity contribution in [2.75, 3.05) is 23.2 Å². The van der Waals surface area contributed by atoms with Crippen molar-refractivity contribution in [3.63, 3.8) is 0 Å². The first-order chi connectivity index (χ1) is 17.2. The highest BCUT2D eigenvalue weighted by molar-refractivity contribution is 7.92. The Morgan fingerprint density at radius 1 is 1.00 bits per heavy atom. The molecular formula is C26H26ClN3O5S. The maximum Gasteiger partial charge on any atom is 0.261 e. The van der Waals surface area contributed by atoms with Crippen LogP contribution in [0.5, 0.6) is 0 Å². The Labute approximate surface area is 215 Å². The second-order valence-corrected chi connectivity index (χ2v) is 10.5. The maximum atomic E-state index is 12.9. The summed E-state index contributed by atoms with van der Waals surface area (Å²) in [6, 6.07) is 17.3. The summed E-state index contributed by atoms with van der Waals surface area (Å²) in [5.74, 6) is -0.815. The summed E-state index contributed by atoms with van der Waals surface area (Å²) in [4.78, 5) is 25.7. The number of nitrogens with one attached hydrogen (secondary N) is 3. The lowest BCUT2D eigenvalue weighted by atomic mass is 10.1. The molecule has 0 unspecified atom stereocenters. The van der Waals surface area contributed by atoms with Crippen molar-refractivity contribution in [3.05, 3.63) is 88.4 Å². The molecule has 188 valence electrons. The molecule has 3 N–H and O–H groups in total. The summed E-state index contributed by atoms with van der Waals surface area (Å²) < 4.78 is 33.3. The van der Waals surface area contributed by atoms with Crippen LogP contribution in [0.3, 0.4) is 0 Å². The molecule has 4 rings (SSSR count). The molecule has 2 amide bonds. The van der Waals surface area contributed by atoms with Gasteiger partial charge in [-0.15, -0.1) is 0 Å². The quantitative estimate of drug-likeness (QED) is 0.396. The van der Waals surface area contributed by atoms with Crippen LogP contribution in [0, 0.1) is 6.92 Å². The van der Waals surface area contributed by atoms with E-state index in [0.29, 0.717) is 24.4 Å². The van der Waals surface area contributed by atoms with Crippen molar-refractivity contribution in [1.82, 2.24) is 5.32 Å². The van der Waals surface area contributed by atoms with Crippen molar-refractivity contribution in [2.45, 2.75) is 30.8 Å². The highest BCUT2D eigenvalue weighted by atomic mass is 35.5. The first-order valence-corrected chi connectivity index (χ1v) is 13.3. The molecule has 1 fully saturated rings. The Balaban J connectivity index is 1.45. The van der Waals surface area contributed by atoms with E-state index in [0.717, 1.165) is 18.4 Å². The Bertz CT molecular complexity index is 1370. The fourth-order valence-electron chi connectivity index (χ4n) is 3.75. The average Bonchev–Trinajstić information content (AvgIpc) is 3.38. The molecule has 0 spiro atoms. The van der Waals surface area contributed by atoms with Crippen LogP contribution in [0.2, 0.25) is 5.02 Å². The van der Waals surface area contributed by atoms with E-state index in [1.807, 2.05) is 6.92 Å². The van der Waals surface area contributed by atoms with Crippen LogP contribution >= 0.6 is 11.6 Å². The van der Waals surface area contributed by atoms with Gasteiger partial charge in [0.25, 0.3) is 21.8 Å². The van der Waals surface area contributed by atoms with Crippen LogP contribution in [0.15, 0.2) is 71.6 Å². The summed E-state index contributed by atoms with van der Waals surface area (Å²) in [6.45, 7) is 2.96. The van der Waals surface area contributed by atoms with Gasteiger partial charge in [0, 0.05) is 18.7 Å². The molecule has 0 saturated carbocycles. The zero-order valence-electron chi connectivity index (χ0n) is 19.6. The highest BCUT2D eigenvalue weighted by Crippen LogP contribution is 2.27. The van der Waals surface area contributed by atoms with Crippen LogP contribution in [0.4, 0.5) is 11.4 Å². The smallest absolute Gasteiger partial charge is 0.261 e. The largest absolute Gasteiger partial charge is 0.376 e. The summed E-state index contributed by atoms with van der Waals surface area (Å²) >= 11 is 6.30. The van der Waals surface area contributed by atoms with E-state index in [4.69, 9.17) is 16.3 Å². The molecule has 1 aliphatic heterocycles. The molecule has 0 aliphatic carbocycles. The summed E-state index contributed by atoms with van der Waals surface area (Å²) in [5.41, 5.74) is 1.94. The van der Waals surface area contributed by atoms with Crippen molar-refractivity contribution in [2.24, 2.45) is 0 Å². The van der Waals surface area contributed by atoms with Gasteiger partial charge in [-0.05, 0) is 62.2 Å². The van der Waals surface area contributed by atoms with Gasteiger partial charge >= 0.3 is 0 Å². The number of hydrogen-bond acceptors (Lipinski definition) is 5. The SMILES string of the molecule is Cc1ccc(S(=O)(=O)Nc2ccc(C(=O)Nc3ccccc3C(=O)NC[C@H]3CCCO3)cc2Cl)cc1. The molecule has 3 aromatic rings. The fraction of sp³-hybridized carbons (Fsp3) is 0.231. The lowest BCUT2D eigenvalue weighted by molar-refractivity contribution is 0.0858. The molecule has 0 bridgehead atoms. The van der Waals surface area contributed by atoms with Gasteiger partial charge in [0.05, 0.1) is 33.0 Å². The van der Waals surface area contributed by atoms with Crippen LogP contribution in [0.25, 0.3) is 0 Å². The molecule has 3 aromatic carbocycles. The highest BCUT2D eigenvalue weighted by Gasteiger charge is 2.20. The molecule has 1 heterocycles. The minimum Gasteiger partial charge on any atom is -0.376 e. The van der Waals surface area contributed by atoms with E-state index in [-0.39, 0.29) is 33.2 Å². The third-order valence-corrected chi connectivity index (χ3v) is 7.44. The molecule has 36 heavy (non-hydrogen) atoms. The topological polar surface area (TPSA) is 114 Å². The van der Waals surface area contributed by atoms with Gasteiger partial charge < -0.3 is 15.4 Å². The number of ether oxygens (including phenoxy) is 1. The monoisotopic (exact) mass is 527 g/mol. The fourth-order valence-corrected chi connectivity index (χ4v) is 5.12. The Morgan fingerprint density at radius 3 is 2.44 bits per heavy atom. The van der Waals surface area contributed by atoms with E-state index in [9.17, 15) is 18.0 Å². The van der Waals surface area contributed by atoms with E-state index in [1.54, 1.807) is 36.4 Å². The first-order valence-electron chi connectivity index (χ1n) is 11.4. The number of halogens is 1. The van der Waals surface area contributed by atoms with Gasteiger partial charge in [-0.3, -0.25) is 14.3 Å². The van der Waals surface area contributed by atoms with E-state index < -0.39 is 15.9 Å². The number of sulfonamides is 1. The van der Waals surface area contributed by atoms with Gasteiger partial charge in [-0.25, -0.2) is 8.42 Å². The third kappa shape index (κ3) is 6.23. The zero-order valence-corrected chi connectivity index (χ0v) is 21.2. The van der Waals surface area contributed by atoms with Gasteiger partial charge in [0.1, 0.15) is 0 Å². The Kier molecular flexibility index (Phi) is 7.93. The second kappa shape index (κ2) is 11.1. The van der Waals surface area contributed by atoms with Crippen molar-refractivity contribution < 1.29 is 22.7 Å². The van der Waals surface area contributed by atoms with Gasteiger partial charge in [0.15, 0.2) is 0 Å². The third-order valence-electron chi connectivity index (χ3n) is 5.74. The predicted molar refractivity (Wildman–Crippen MR) is 139 cm³/mol. The summed E-state index contributed by atoms with van der Waals surface area (Å²) in [6.07, 6.45) is 1.87. The molecule has 1 saturated heterocycles. The number of anilines is 2. The minimum atomic E-state index is -3.85. The molecule has 0 aromatic heterocycles. The van der Waals surface area contributed by atoms with Gasteiger partial charge in [-0.1, -0.05) is 41.4 Å². The predicted octanol–water partition coefficient (Wildman–Crippen LogP) is 4.61. The standard InChI is InChI=1S/C26H26ClN3O5S/c1-17-8-11-20(12-9-17)36(33,34)30-24-13-10-18(15-22(24)27)25(31)29-23-7-3-2-6-21(23)26(32)28-16-19-5-4-14-35-19/h2-3,6-13,15,19,30H,4-5,14,16H2,1H3,(H,28,32)(H,29,31)/t19-/m1/s1. The summed E-state index contributed by atoms with van der Waals surface area (Å²) in [5, 5.41) is 5.64. The van der Waals surface area contributed by atoms with E-state index in [1.165, 1.54) is 30.3 Å². The van der Waals surface area contributed by atoms with Crippen LogP contribution < -0.4 is 15.4 Å². The zero-order chi connectivity index (χ0) is 25.7. The van der Waals surface area contributed by atoms with Crippen molar-refractivity contribution in [3.8, 4) is 0 Å². The lowest BCUT2D eigenvalue weighted by Gasteiger charge is -2.14. The average molecular weight is 528 g/mol. The van der Waals surface area contributed by atoms with Crippen LogP contribution in [-0.4, -0.2) is 39.5 Å². The number of amides is 2. The summed E-state index contributed by atoms with van der Waals surface area (Å²) in [7, 11) is -3.85. The van der Waals surface area contributed by atoms with Crippen LogP contribution in [-0.2, 0) is 14.8 Å². The number of aryl methyl sites for hydroxylation is 1. The Morgan fingerprint density at radius 2 is 1.75 bits per heavy atom. The molecular weight excluding hydrogens is 502 g/mol. The van der Waals surface area contributed by atoms with Crippen molar-refractivity contribution >= 4 is 44.8 Å². The number of hydrogen-bond donors (Lipinski definition) is 3. The van der Waals surface area contributed by atoms with Crippen molar-refractivity contribution in [1.29, 1.82) is 0 Å². The number of rotatable bonds is 8. The van der Waals surface area contributed by atoms with Crippen LogP contribution in [0.1, 0.15) is 39.1 Å². The lowest BCUT2D eigenvalue weighted by Crippen LogP contribution is -2.32. The maximum absolute atomic E-state index is 12.9. The second-order valence-electron chi connectivity index (χ2n) is 8.46. The first kappa shape index (κ1) is 25.7. The van der Waals surface area contributed by atoms with E-state index >= 15 is 0 Å². The number of para-hydroxylation sites is 1. The van der Waals surface area contributed by atoms with Gasteiger partial charge in [0.2, 0.25) is 0 Å². The number of carbonyl (C=O) groups is 2. The molecule has 1 aliphatic rings. The molecule has 0 radical (unpaired) electrons. The number of carbonyl (C=O) groups excluding carboxylic acids is 2. The normalized spacial score (nSPS) is 15.3. The van der Waals surface area contributed by atoms with Gasteiger partial charge in [-0.2, -0.15) is 0 Å². The number of benzene rings is 3. The van der Waals surface area contributed by atoms with E-state index in [2.05, 4.69) is 15.4 Å². The minimum absolute atomic E-state index is 0.000193. The Hall–Kier alpha value is -3.40. The molecule has 1 atom stereocenters. The molecule has 10 heteroatoms.